The van der Waals surface area contributed by atoms with E-state index in [1.807, 2.05) is 0 Å². The number of esters is 1. The summed E-state index contributed by atoms with van der Waals surface area (Å²) in [5.74, 6) is -9.70. The van der Waals surface area contributed by atoms with Crippen LogP contribution in [0.3, 0.4) is 0 Å². The number of nitrogens with zero attached hydrogens (tertiary/aromatic N) is 2. The molecule has 0 radical (unpaired) electrons. The summed E-state index contributed by atoms with van der Waals surface area (Å²) in [6.07, 6.45) is 0. The van der Waals surface area contributed by atoms with Gasteiger partial charge in [-0.1, -0.05) is 0 Å². The Bertz CT molecular complexity index is 1070. The summed E-state index contributed by atoms with van der Waals surface area (Å²) in [6.45, 7) is 0. The second kappa shape index (κ2) is 9.33. The number of aromatic carboxylic acids is 1. The summed E-state index contributed by atoms with van der Waals surface area (Å²) in [6, 6.07) is 0.898. The molecule has 0 atom stereocenters. The van der Waals surface area contributed by atoms with Gasteiger partial charge >= 0.3 is 11.9 Å². The maximum atomic E-state index is 13.2. The third-order valence-corrected chi connectivity index (χ3v) is 3.47. The van der Waals surface area contributed by atoms with Crippen molar-refractivity contribution >= 4 is 34.7 Å². The average molecular weight is 450 g/mol. The molecule has 5 N–H and O–H groups in total. The van der Waals surface area contributed by atoms with E-state index in [0.29, 0.717) is 12.1 Å². The fourth-order valence-corrected chi connectivity index (χ4v) is 1.97. The van der Waals surface area contributed by atoms with Crippen molar-refractivity contribution in [3.8, 4) is 0 Å². The van der Waals surface area contributed by atoms with Crippen LogP contribution in [0.2, 0.25) is 0 Å². The van der Waals surface area contributed by atoms with Crippen LogP contribution in [0.1, 0.15) is 20.7 Å². The Morgan fingerprint density at radius 2 is 1.23 bits per heavy atom. The first kappa shape index (κ1) is 24.5. The number of halogens is 4. The molecule has 0 aromatic heterocycles. The highest BCUT2D eigenvalue weighted by Gasteiger charge is 2.27. The number of rotatable bonds is 4. The lowest BCUT2D eigenvalue weighted by molar-refractivity contribution is -0.384. The fraction of sp³-hybridized carbons (Fsp3) is 0.0667. The van der Waals surface area contributed by atoms with Crippen molar-refractivity contribution < 1.29 is 46.8 Å². The lowest BCUT2D eigenvalue weighted by atomic mass is 10.1. The van der Waals surface area contributed by atoms with Crippen molar-refractivity contribution in [1.29, 1.82) is 0 Å². The summed E-state index contributed by atoms with van der Waals surface area (Å²) < 4.78 is 56.2. The fourth-order valence-electron chi connectivity index (χ4n) is 1.97. The summed E-state index contributed by atoms with van der Waals surface area (Å²) in [7, 11) is 0.932. The van der Waals surface area contributed by atoms with Crippen LogP contribution in [0.25, 0.3) is 0 Å². The van der Waals surface area contributed by atoms with Crippen LogP contribution in [-0.4, -0.2) is 34.0 Å². The second-order valence-electron chi connectivity index (χ2n) is 5.28. The number of carbonyl (C=O) groups is 2. The molecule has 31 heavy (non-hydrogen) atoms. The van der Waals surface area contributed by atoms with Crippen LogP contribution in [0, 0.1) is 43.5 Å². The minimum atomic E-state index is -1.81. The average Bonchev–Trinajstić information content (AvgIpc) is 2.69. The van der Waals surface area contributed by atoms with Gasteiger partial charge in [-0.05, 0) is 0 Å². The maximum Gasteiger partial charge on any atom is 0.341 e. The Hall–Kier alpha value is -4.50. The van der Waals surface area contributed by atoms with E-state index >= 15 is 0 Å². The van der Waals surface area contributed by atoms with Gasteiger partial charge < -0.3 is 21.3 Å². The van der Waals surface area contributed by atoms with Crippen molar-refractivity contribution in [1.82, 2.24) is 0 Å². The highest BCUT2D eigenvalue weighted by molar-refractivity contribution is 5.91. The molecule has 0 aliphatic carbocycles. The van der Waals surface area contributed by atoms with Crippen LogP contribution in [0.15, 0.2) is 12.1 Å². The van der Waals surface area contributed by atoms with Gasteiger partial charge in [0.25, 0.3) is 11.4 Å². The van der Waals surface area contributed by atoms with Gasteiger partial charge in [0.05, 0.1) is 17.0 Å². The number of carboxylic acid groups (broad SMARTS) is 1. The Labute approximate surface area is 167 Å². The number of carboxylic acids is 1. The van der Waals surface area contributed by atoms with Crippen LogP contribution in [0.5, 0.6) is 0 Å². The molecular formula is C15H10F4N4O8. The van der Waals surface area contributed by atoms with Crippen LogP contribution in [-0.2, 0) is 4.74 Å². The zero-order chi connectivity index (χ0) is 24.2. The molecule has 0 bridgehead atoms. The van der Waals surface area contributed by atoms with Gasteiger partial charge in [0.2, 0.25) is 0 Å². The minimum Gasteiger partial charge on any atom is -0.478 e. The van der Waals surface area contributed by atoms with Crippen molar-refractivity contribution in [2.75, 3.05) is 18.6 Å². The number of hydrogen-bond acceptors (Lipinski definition) is 9. The van der Waals surface area contributed by atoms with E-state index in [1.54, 1.807) is 0 Å². The molecule has 16 heteroatoms. The number of hydrogen-bond donors (Lipinski definition) is 3. The second-order valence-corrected chi connectivity index (χ2v) is 5.28. The number of nitro benzene ring substituents is 2. The van der Waals surface area contributed by atoms with E-state index in [-0.39, 0.29) is 0 Å². The minimum absolute atomic E-state index is 0.371. The first-order valence-electron chi connectivity index (χ1n) is 7.41. The monoisotopic (exact) mass is 450 g/mol. The highest BCUT2D eigenvalue weighted by Crippen LogP contribution is 2.30. The van der Waals surface area contributed by atoms with Crippen LogP contribution in [0.4, 0.5) is 40.3 Å². The van der Waals surface area contributed by atoms with Gasteiger partial charge in [-0.2, -0.15) is 0 Å². The van der Waals surface area contributed by atoms with Gasteiger partial charge in [0, 0.05) is 12.1 Å². The molecule has 0 heterocycles. The van der Waals surface area contributed by atoms with Gasteiger partial charge in [0.15, 0.2) is 23.3 Å². The molecule has 0 aliphatic rings. The number of methoxy groups -OCH3 is 1. The molecule has 166 valence electrons. The molecule has 0 saturated heterocycles. The Balaban J connectivity index is 0.000000311. The van der Waals surface area contributed by atoms with E-state index in [9.17, 15) is 47.4 Å². The van der Waals surface area contributed by atoms with Crippen LogP contribution >= 0.6 is 0 Å². The third-order valence-electron chi connectivity index (χ3n) is 3.47. The molecular weight excluding hydrogens is 440 g/mol. The summed E-state index contributed by atoms with van der Waals surface area (Å²) >= 11 is 0. The van der Waals surface area contributed by atoms with Crippen molar-refractivity contribution in [3.05, 3.63) is 66.8 Å². The summed E-state index contributed by atoms with van der Waals surface area (Å²) in [5.41, 5.74) is 4.03. The number of nitrogen functional groups attached to an aromatic ring is 2. The van der Waals surface area contributed by atoms with Gasteiger partial charge in [-0.15, -0.1) is 0 Å². The standard InChI is InChI=1S/C8H6F2N2O4.C7H4F2N2O4/c1-16-8(13)3-2-4(12(14)15)7(11)6(10)5(3)9;8-4-2(7(12)13)1-3(11(14)15)6(10)5(4)9/h2H,11H2,1H3;1H,10H2,(H,12,13). The quantitative estimate of drug-likeness (QED) is 0.204. The van der Waals surface area contributed by atoms with Gasteiger partial charge in [-0.3, -0.25) is 20.2 Å². The number of nitro groups is 2. The molecule has 0 fully saturated rings. The largest absolute Gasteiger partial charge is 0.478 e. The van der Waals surface area contributed by atoms with Gasteiger partial charge in [-0.25, -0.2) is 27.2 Å². The van der Waals surface area contributed by atoms with E-state index in [2.05, 4.69) is 4.74 Å². The highest BCUT2D eigenvalue weighted by atomic mass is 19.2. The summed E-state index contributed by atoms with van der Waals surface area (Å²) in [4.78, 5) is 40.0. The molecule has 2 aromatic carbocycles. The molecule has 12 nitrogen and oxygen atoms in total. The third kappa shape index (κ3) is 4.92. The number of ether oxygens (including phenoxy) is 1. The Kier molecular flexibility index (Phi) is 7.39. The predicted octanol–water partition coefficient (Wildman–Crippen LogP) is 2.40. The summed E-state index contributed by atoms with van der Waals surface area (Å²) in [5, 5.41) is 29.2. The van der Waals surface area contributed by atoms with Crippen molar-refractivity contribution in [2.24, 2.45) is 0 Å². The first-order chi connectivity index (χ1) is 14.3. The van der Waals surface area contributed by atoms with Crippen molar-refractivity contribution in [3.63, 3.8) is 0 Å². The number of carbonyl (C=O) groups excluding carboxylic acids is 1. The predicted molar refractivity (Wildman–Crippen MR) is 93.1 cm³/mol. The molecule has 2 aromatic rings. The first-order valence-corrected chi connectivity index (χ1v) is 7.41. The smallest absolute Gasteiger partial charge is 0.341 e. The molecule has 2 rings (SSSR count). The molecule has 0 spiro atoms. The topological polar surface area (TPSA) is 202 Å². The number of anilines is 2. The Morgan fingerprint density at radius 3 is 1.55 bits per heavy atom. The molecule has 0 aliphatic heterocycles. The maximum absolute atomic E-state index is 13.2. The Morgan fingerprint density at radius 1 is 0.871 bits per heavy atom. The molecule has 0 amide bonds. The normalized spacial score (nSPS) is 9.97. The number of nitrogens with two attached hydrogens (primary N) is 2. The molecule has 0 saturated carbocycles. The lowest BCUT2D eigenvalue weighted by Crippen LogP contribution is -2.10. The van der Waals surface area contributed by atoms with E-state index in [0.717, 1.165) is 7.11 Å². The lowest BCUT2D eigenvalue weighted by Gasteiger charge is -2.04. The van der Waals surface area contributed by atoms with Crippen molar-refractivity contribution in [2.45, 2.75) is 0 Å². The zero-order valence-electron chi connectivity index (χ0n) is 15.0. The SMILES string of the molecule is COC(=O)c1cc([N+](=O)[O-])c(N)c(F)c1F.Nc1c([N+](=O)[O-])cc(C(=O)O)c(F)c1F. The molecule has 0 unspecified atom stereocenters. The van der Waals surface area contributed by atoms with Gasteiger partial charge in [0.1, 0.15) is 22.5 Å². The van der Waals surface area contributed by atoms with Crippen LogP contribution < -0.4 is 11.5 Å². The zero-order valence-corrected chi connectivity index (χ0v) is 15.0. The van der Waals surface area contributed by atoms with E-state index in [4.69, 9.17) is 16.6 Å². The number of benzene rings is 2. The van der Waals surface area contributed by atoms with E-state index < -0.39 is 78.9 Å². The van der Waals surface area contributed by atoms with E-state index in [1.165, 1.54) is 0 Å².